The van der Waals surface area contributed by atoms with Crippen LogP contribution < -0.4 is 29.9 Å². The number of nitro groups is 1. The number of carbonyl (C=O) groups excluding carboxylic acids is 1. The first-order valence-corrected chi connectivity index (χ1v) is 20.0. The molecule has 5 aromatic carbocycles. The Bertz CT molecular complexity index is 2480. The predicted octanol–water partition coefficient (Wildman–Crippen LogP) is 6.65. The minimum Gasteiger partial charge on any atom is -0.746 e. The van der Waals surface area contributed by atoms with E-state index in [1.54, 1.807) is 68.8 Å². The molecular formula is C43H38N4O12P-. The van der Waals surface area contributed by atoms with E-state index in [4.69, 9.17) is 28.0 Å². The molecule has 2 heterocycles. The highest BCUT2D eigenvalue weighted by Gasteiger charge is 2.44. The van der Waals surface area contributed by atoms with Gasteiger partial charge in [0.25, 0.3) is 11.6 Å². The van der Waals surface area contributed by atoms with Crippen molar-refractivity contribution in [3.8, 4) is 17.2 Å². The van der Waals surface area contributed by atoms with Crippen molar-refractivity contribution >= 4 is 25.2 Å². The Balaban J connectivity index is 1.23. The number of benzene rings is 5. The number of hydrogen-bond acceptors (Lipinski definition) is 13. The van der Waals surface area contributed by atoms with E-state index in [9.17, 15) is 29.2 Å². The first kappa shape index (κ1) is 41.5. The molecule has 17 heteroatoms. The summed E-state index contributed by atoms with van der Waals surface area (Å²) in [6, 6.07) is 38.2. The number of nitrogens with one attached hydrogen (secondary N) is 1. The number of nitro benzene ring substituents is 1. The molecule has 0 aliphatic carbocycles. The summed E-state index contributed by atoms with van der Waals surface area (Å²) in [5, 5.41) is 13.8. The summed E-state index contributed by atoms with van der Waals surface area (Å²) in [7, 11) is -2.10. The summed E-state index contributed by atoms with van der Waals surface area (Å²) in [4.78, 5) is 54.3. The fraction of sp³-hybridized carbons (Fsp3) is 0.186. The Morgan fingerprint density at radius 3 is 1.93 bits per heavy atom. The molecule has 1 N–H and O–H groups in total. The maximum atomic E-state index is 13.5. The van der Waals surface area contributed by atoms with Crippen molar-refractivity contribution in [2.75, 3.05) is 26.1 Å². The second-order valence-corrected chi connectivity index (χ2v) is 14.7. The highest BCUT2D eigenvalue weighted by Crippen LogP contribution is 2.47. The lowest BCUT2D eigenvalue weighted by Gasteiger charge is -2.37. The van der Waals surface area contributed by atoms with Gasteiger partial charge in [-0.2, -0.15) is 4.98 Å². The van der Waals surface area contributed by atoms with Gasteiger partial charge >= 0.3 is 13.5 Å². The molecule has 1 aliphatic rings. The van der Waals surface area contributed by atoms with Gasteiger partial charge in [0.1, 0.15) is 41.0 Å². The van der Waals surface area contributed by atoms with Gasteiger partial charge in [-0.1, -0.05) is 72.8 Å². The molecule has 0 bridgehead atoms. The van der Waals surface area contributed by atoms with Crippen LogP contribution in [0.25, 0.3) is 0 Å². The van der Waals surface area contributed by atoms with Crippen molar-refractivity contribution in [1.82, 2.24) is 9.55 Å². The van der Waals surface area contributed by atoms with Crippen LogP contribution in [0.5, 0.6) is 17.2 Å². The van der Waals surface area contributed by atoms with Gasteiger partial charge in [-0.05, 0) is 71.3 Å². The molecule has 60 heavy (non-hydrogen) atoms. The molecule has 7 rings (SSSR count). The number of anilines is 1. The smallest absolute Gasteiger partial charge is 0.351 e. The number of methoxy groups -OCH3 is 2. The zero-order valence-electron chi connectivity index (χ0n) is 32.2. The average Bonchev–Trinajstić information content (AvgIpc) is 3.65. The highest BCUT2D eigenvalue weighted by atomic mass is 31.2. The quantitative estimate of drug-likeness (QED) is 0.0470. The van der Waals surface area contributed by atoms with Gasteiger partial charge in [-0.25, -0.2) is 4.79 Å². The number of phosphoric ester groups is 1. The first-order chi connectivity index (χ1) is 29.0. The Hall–Kier alpha value is -6.68. The number of phosphoric acid groups is 1. The molecule has 6 aromatic rings. The molecule has 0 saturated carbocycles. The summed E-state index contributed by atoms with van der Waals surface area (Å²) >= 11 is 0. The van der Waals surface area contributed by atoms with Gasteiger partial charge < -0.3 is 38.2 Å². The minimum absolute atomic E-state index is 0.0111. The van der Waals surface area contributed by atoms with Gasteiger partial charge in [-0.15, -0.1) is 0 Å². The molecule has 0 spiro atoms. The molecule has 16 nitrogen and oxygen atoms in total. The zero-order chi connectivity index (χ0) is 42.3. The van der Waals surface area contributed by atoms with Crippen molar-refractivity contribution in [1.29, 1.82) is 0 Å². The molecule has 1 fully saturated rings. The summed E-state index contributed by atoms with van der Waals surface area (Å²) in [6.45, 7) is -0.293. The molecule has 1 unspecified atom stereocenters. The van der Waals surface area contributed by atoms with Crippen molar-refractivity contribution in [2.24, 2.45) is 0 Å². The van der Waals surface area contributed by atoms with Gasteiger partial charge in [-0.3, -0.25) is 24.0 Å². The van der Waals surface area contributed by atoms with Gasteiger partial charge in [0.15, 0.2) is 0 Å². The lowest BCUT2D eigenvalue weighted by molar-refractivity contribution is -0.384. The number of aromatic nitrogens is 2. The molecule has 4 atom stereocenters. The zero-order valence-corrected chi connectivity index (χ0v) is 33.1. The van der Waals surface area contributed by atoms with Crippen LogP contribution in [-0.4, -0.2) is 53.4 Å². The van der Waals surface area contributed by atoms with E-state index < -0.39 is 48.4 Å². The standard InChI is InChI=1S/C43H39N4O12P/c1-54-34-19-13-31(14-20-34)43(30-11-7-4-8-12-30,32-15-21-35(55-2)22-16-32)56-28-38-37(59-60(52,53)58-36-23-17-33(18-24-36)47(50)51)27-40(57-38)46-26-25-39(45-42(46)49)44-41(48)29-9-5-3-6-10-29/h3-26,37-38,40H,27-28H2,1-2H3,(H,52,53)(H,44,45,48,49)/p-1/t37-,38+,40+/m0/s1. The van der Waals surface area contributed by atoms with Crippen LogP contribution in [-0.2, 0) is 24.2 Å². The van der Waals surface area contributed by atoms with Crippen LogP contribution in [0.15, 0.2) is 151 Å². The summed E-state index contributed by atoms with van der Waals surface area (Å²) in [6.07, 6.45) is -2.38. The van der Waals surface area contributed by atoms with Gasteiger partial charge in [0.2, 0.25) is 0 Å². The number of rotatable bonds is 16. The fourth-order valence-electron chi connectivity index (χ4n) is 6.84. The number of non-ortho nitro benzene ring substituents is 1. The van der Waals surface area contributed by atoms with Crippen LogP contribution >= 0.6 is 7.82 Å². The van der Waals surface area contributed by atoms with E-state index in [1.807, 2.05) is 54.6 Å². The molecule has 1 amide bonds. The van der Waals surface area contributed by atoms with Gasteiger partial charge in [0.05, 0.1) is 31.9 Å². The third-order valence-corrected chi connectivity index (χ3v) is 10.7. The number of hydrogen-bond donors (Lipinski definition) is 1. The fourth-order valence-corrected chi connectivity index (χ4v) is 7.81. The second kappa shape index (κ2) is 18.1. The molecule has 1 aliphatic heterocycles. The number of amides is 1. The summed E-state index contributed by atoms with van der Waals surface area (Å²) < 4.78 is 49.8. The summed E-state index contributed by atoms with van der Waals surface area (Å²) in [5.74, 6) is 0.503. The van der Waals surface area contributed by atoms with Crippen molar-refractivity contribution in [3.05, 3.63) is 189 Å². The van der Waals surface area contributed by atoms with Crippen molar-refractivity contribution in [2.45, 2.75) is 30.5 Å². The van der Waals surface area contributed by atoms with E-state index in [0.717, 1.165) is 34.4 Å². The SMILES string of the molecule is COc1ccc(C(OC[C@H]2O[C@@H](n3ccc(NC(=O)c4ccccc4)nc3=O)C[C@@H]2OP(=O)([O-])Oc2ccc([N+](=O)[O-])cc2)(c2ccccc2)c2ccc(OC)cc2)cc1. The first-order valence-electron chi connectivity index (χ1n) is 18.5. The van der Waals surface area contributed by atoms with Crippen LogP contribution in [0.1, 0.15) is 39.7 Å². The number of nitrogens with zero attached hydrogens (tertiary/aromatic N) is 3. The van der Waals surface area contributed by atoms with Crippen LogP contribution in [0.2, 0.25) is 0 Å². The topological polar surface area (TPSA) is 203 Å². The normalized spacial score (nSPS) is 17.3. The summed E-state index contributed by atoms with van der Waals surface area (Å²) in [5.41, 5.74) is 0.0603. The Morgan fingerprint density at radius 1 is 0.833 bits per heavy atom. The average molecular weight is 834 g/mol. The maximum Gasteiger partial charge on any atom is 0.351 e. The van der Waals surface area contributed by atoms with Crippen LogP contribution in [0.4, 0.5) is 11.5 Å². The number of carbonyl (C=O) groups is 1. The van der Waals surface area contributed by atoms with E-state index in [2.05, 4.69) is 10.3 Å². The van der Waals surface area contributed by atoms with E-state index in [-0.39, 0.29) is 30.3 Å². The van der Waals surface area contributed by atoms with Crippen molar-refractivity contribution < 1.29 is 47.2 Å². The van der Waals surface area contributed by atoms with Crippen molar-refractivity contribution in [3.63, 3.8) is 0 Å². The molecule has 308 valence electrons. The second-order valence-electron chi connectivity index (χ2n) is 13.4. The maximum absolute atomic E-state index is 13.5. The van der Waals surface area contributed by atoms with Crippen LogP contribution in [0.3, 0.4) is 0 Å². The lowest BCUT2D eigenvalue weighted by Crippen LogP contribution is -2.39. The van der Waals surface area contributed by atoms with Crippen LogP contribution in [0, 0.1) is 10.1 Å². The monoisotopic (exact) mass is 833 g/mol. The highest BCUT2D eigenvalue weighted by molar-refractivity contribution is 7.46. The number of ether oxygens (including phenoxy) is 4. The molecule has 1 saturated heterocycles. The lowest BCUT2D eigenvalue weighted by atomic mass is 9.80. The van der Waals surface area contributed by atoms with E-state index >= 15 is 0 Å². The third-order valence-electron chi connectivity index (χ3n) is 9.77. The largest absolute Gasteiger partial charge is 0.746 e. The van der Waals surface area contributed by atoms with Gasteiger partial charge in [0, 0.05) is 30.3 Å². The molecular weight excluding hydrogens is 795 g/mol. The molecule has 1 aromatic heterocycles. The Labute approximate surface area is 343 Å². The van der Waals surface area contributed by atoms with E-state index in [0.29, 0.717) is 28.2 Å². The Morgan fingerprint density at radius 2 is 1.38 bits per heavy atom. The minimum atomic E-state index is -5.21. The molecule has 0 radical (unpaired) electrons. The van der Waals surface area contributed by atoms with E-state index in [1.165, 1.54) is 12.3 Å². The predicted molar refractivity (Wildman–Crippen MR) is 216 cm³/mol. The Kier molecular flexibility index (Phi) is 12.5. The third kappa shape index (κ3) is 9.28.